The van der Waals surface area contributed by atoms with Crippen molar-refractivity contribution in [3.63, 3.8) is 0 Å². The Morgan fingerprint density at radius 3 is 2.85 bits per heavy atom. The second kappa shape index (κ2) is 9.03. The number of aromatic nitrogens is 3. The van der Waals surface area contributed by atoms with Crippen LogP contribution in [0.2, 0.25) is 0 Å². The van der Waals surface area contributed by atoms with Crippen LogP contribution in [0.25, 0.3) is 10.9 Å². The van der Waals surface area contributed by atoms with Gasteiger partial charge in [-0.05, 0) is 49.7 Å². The van der Waals surface area contributed by atoms with Crippen molar-refractivity contribution in [1.82, 2.24) is 19.9 Å². The summed E-state index contributed by atoms with van der Waals surface area (Å²) < 4.78 is 13.9. The summed E-state index contributed by atoms with van der Waals surface area (Å²) >= 11 is 0. The molecule has 7 heteroatoms. The molecule has 2 aromatic carbocycles. The van der Waals surface area contributed by atoms with Gasteiger partial charge in [0.25, 0.3) is 5.91 Å². The van der Waals surface area contributed by atoms with Crippen molar-refractivity contribution in [2.24, 2.45) is 0 Å². The Hall–Kier alpha value is -3.71. The molecule has 0 spiro atoms. The lowest BCUT2D eigenvalue weighted by molar-refractivity contribution is 0.102. The van der Waals surface area contributed by atoms with Crippen LogP contribution in [0.5, 0.6) is 0 Å². The standard InChI is InChI=1S/C26H24FN5O/c1-17-21(26(33)31-24-9-3-2-8-22(24)27)14-29-25(30-17)19-11-13-32(16-19)15-18-6-4-10-23-20(18)7-5-12-28-23/h2-10,12,14,19H,11,13,15-16H2,1H3,(H,31,33). The number of benzene rings is 2. The van der Waals surface area contributed by atoms with Gasteiger partial charge in [-0.25, -0.2) is 14.4 Å². The summed E-state index contributed by atoms with van der Waals surface area (Å²) in [6, 6.07) is 16.4. The van der Waals surface area contributed by atoms with Crippen molar-refractivity contribution < 1.29 is 9.18 Å². The summed E-state index contributed by atoms with van der Waals surface area (Å²) in [6.07, 6.45) is 4.33. The zero-order valence-electron chi connectivity index (χ0n) is 18.3. The normalized spacial score (nSPS) is 16.2. The number of aryl methyl sites for hydroxylation is 1. The summed E-state index contributed by atoms with van der Waals surface area (Å²) in [5.41, 5.74) is 3.35. The van der Waals surface area contributed by atoms with Gasteiger partial charge >= 0.3 is 0 Å². The molecule has 1 N–H and O–H groups in total. The molecule has 1 aliphatic heterocycles. The van der Waals surface area contributed by atoms with E-state index in [-0.39, 0.29) is 11.6 Å². The first kappa shape index (κ1) is 21.2. The number of likely N-dealkylation sites (tertiary alicyclic amines) is 1. The molecule has 33 heavy (non-hydrogen) atoms. The molecule has 4 aromatic rings. The molecule has 1 unspecified atom stereocenters. The molecule has 6 nitrogen and oxygen atoms in total. The van der Waals surface area contributed by atoms with Crippen molar-refractivity contribution in [2.75, 3.05) is 18.4 Å². The molecular weight excluding hydrogens is 417 g/mol. The van der Waals surface area contributed by atoms with Crippen molar-refractivity contribution in [3.8, 4) is 0 Å². The molecule has 1 fully saturated rings. The molecule has 1 atom stereocenters. The SMILES string of the molecule is Cc1nc(C2CCN(Cc3cccc4ncccc34)C2)ncc1C(=O)Nc1ccccc1F. The van der Waals surface area contributed by atoms with Gasteiger partial charge in [0.05, 0.1) is 22.5 Å². The molecule has 0 saturated carbocycles. The average Bonchev–Trinajstić information content (AvgIpc) is 3.29. The van der Waals surface area contributed by atoms with E-state index < -0.39 is 11.7 Å². The Balaban J connectivity index is 1.27. The maximum Gasteiger partial charge on any atom is 0.259 e. The number of nitrogens with zero attached hydrogens (tertiary/aromatic N) is 4. The van der Waals surface area contributed by atoms with Gasteiger partial charge in [-0.1, -0.05) is 30.3 Å². The Labute approximate surface area is 191 Å². The Morgan fingerprint density at radius 2 is 2.00 bits per heavy atom. The number of carbonyl (C=O) groups is 1. The minimum Gasteiger partial charge on any atom is -0.319 e. The van der Waals surface area contributed by atoms with Crippen LogP contribution < -0.4 is 5.32 Å². The van der Waals surface area contributed by atoms with E-state index in [1.165, 1.54) is 23.1 Å². The molecule has 3 heterocycles. The molecule has 166 valence electrons. The molecule has 1 saturated heterocycles. The number of rotatable bonds is 5. The number of anilines is 1. The highest BCUT2D eigenvalue weighted by Gasteiger charge is 2.27. The van der Waals surface area contributed by atoms with E-state index in [1.54, 1.807) is 25.3 Å². The number of amides is 1. The minimum absolute atomic E-state index is 0.140. The molecular formula is C26H24FN5O. The summed E-state index contributed by atoms with van der Waals surface area (Å²) in [4.78, 5) is 28.6. The van der Waals surface area contributed by atoms with Crippen LogP contribution in [0.4, 0.5) is 10.1 Å². The van der Waals surface area contributed by atoms with Crippen molar-refractivity contribution in [1.29, 1.82) is 0 Å². The highest BCUT2D eigenvalue weighted by atomic mass is 19.1. The lowest BCUT2D eigenvalue weighted by Crippen LogP contribution is -2.21. The van der Waals surface area contributed by atoms with E-state index in [4.69, 9.17) is 0 Å². The molecule has 0 bridgehead atoms. The number of hydrogen-bond acceptors (Lipinski definition) is 5. The highest BCUT2D eigenvalue weighted by molar-refractivity contribution is 6.04. The Bertz CT molecular complexity index is 1320. The number of para-hydroxylation sites is 1. The first-order valence-corrected chi connectivity index (χ1v) is 11.0. The zero-order valence-corrected chi connectivity index (χ0v) is 18.3. The number of pyridine rings is 1. The van der Waals surface area contributed by atoms with Crippen LogP contribution in [0.3, 0.4) is 0 Å². The first-order valence-electron chi connectivity index (χ1n) is 11.0. The van der Waals surface area contributed by atoms with Crippen LogP contribution in [-0.2, 0) is 6.54 Å². The van der Waals surface area contributed by atoms with Gasteiger partial charge in [-0.3, -0.25) is 14.7 Å². The quantitative estimate of drug-likeness (QED) is 0.486. The Morgan fingerprint density at radius 1 is 1.12 bits per heavy atom. The molecule has 1 aliphatic rings. The maximum absolute atomic E-state index is 13.9. The monoisotopic (exact) mass is 441 g/mol. The number of carbonyl (C=O) groups excluding carboxylic acids is 1. The van der Waals surface area contributed by atoms with Crippen molar-refractivity contribution >= 4 is 22.5 Å². The van der Waals surface area contributed by atoms with Crippen LogP contribution in [0.1, 0.15) is 39.8 Å². The van der Waals surface area contributed by atoms with Gasteiger partial charge in [-0.2, -0.15) is 0 Å². The topological polar surface area (TPSA) is 71.0 Å². The van der Waals surface area contributed by atoms with Crippen LogP contribution in [-0.4, -0.2) is 38.8 Å². The predicted molar refractivity (Wildman–Crippen MR) is 126 cm³/mol. The maximum atomic E-state index is 13.9. The molecule has 0 aliphatic carbocycles. The van der Waals surface area contributed by atoms with Gasteiger partial charge in [0.2, 0.25) is 0 Å². The van der Waals surface area contributed by atoms with Gasteiger partial charge in [0.15, 0.2) is 0 Å². The number of fused-ring (bicyclic) bond motifs is 1. The number of nitrogens with one attached hydrogen (secondary N) is 1. The summed E-state index contributed by atoms with van der Waals surface area (Å²) in [5, 5.41) is 3.78. The smallest absolute Gasteiger partial charge is 0.259 e. The van der Waals surface area contributed by atoms with Crippen molar-refractivity contribution in [2.45, 2.75) is 25.8 Å². The highest BCUT2D eigenvalue weighted by Crippen LogP contribution is 2.28. The van der Waals surface area contributed by atoms with E-state index in [1.807, 2.05) is 18.3 Å². The number of hydrogen-bond donors (Lipinski definition) is 1. The van der Waals surface area contributed by atoms with Crippen LogP contribution in [0, 0.1) is 12.7 Å². The third-order valence-corrected chi connectivity index (χ3v) is 6.13. The van der Waals surface area contributed by atoms with Gasteiger partial charge in [0, 0.05) is 36.8 Å². The fraction of sp³-hybridized carbons (Fsp3) is 0.231. The molecule has 5 rings (SSSR count). The van der Waals surface area contributed by atoms with Crippen molar-refractivity contribution in [3.05, 3.63) is 95.5 Å². The lowest BCUT2D eigenvalue weighted by Gasteiger charge is -2.17. The summed E-state index contributed by atoms with van der Waals surface area (Å²) in [6.45, 7) is 4.45. The van der Waals surface area contributed by atoms with Gasteiger partial charge in [-0.15, -0.1) is 0 Å². The third kappa shape index (κ3) is 4.45. The van der Waals surface area contributed by atoms with E-state index in [0.717, 1.165) is 37.4 Å². The average molecular weight is 442 g/mol. The fourth-order valence-electron chi connectivity index (χ4n) is 4.39. The van der Waals surface area contributed by atoms with Gasteiger partial charge < -0.3 is 5.32 Å². The second-order valence-corrected chi connectivity index (χ2v) is 8.37. The van der Waals surface area contributed by atoms with Gasteiger partial charge in [0.1, 0.15) is 11.6 Å². The van der Waals surface area contributed by atoms with E-state index in [2.05, 4.69) is 43.4 Å². The molecule has 0 radical (unpaired) electrons. The zero-order chi connectivity index (χ0) is 22.8. The van der Waals surface area contributed by atoms with Crippen LogP contribution in [0.15, 0.2) is 67.0 Å². The van der Waals surface area contributed by atoms with E-state index >= 15 is 0 Å². The third-order valence-electron chi connectivity index (χ3n) is 6.13. The number of halogens is 1. The second-order valence-electron chi connectivity index (χ2n) is 8.37. The molecule has 1 amide bonds. The van der Waals surface area contributed by atoms with E-state index in [9.17, 15) is 9.18 Å². The first-order chi connectivity index (χ1) is 16.1. The fourth-order valence-corrected chi connectivity index (χ4v) is 4.39. The lowest BCUT2D eigenvalue weighted by atomic mass is 10.1. The minimum atomic E-state index is -0.478. The van der Waals surface area contributed by atoms with E-state index in [0.29, 0.717) is 11.3 Å². The Kier molecular flexibility index (Phi) is 5.79. The summed E-state index contributed by atoms with van der Waals surface area (Å²) in [7, 11) is 0. The molecule has 2 aromatic heterocycles. The predicted octanol–water partition coefficient (Wildman–Crippen LogP) is 4.71. The summed E-state index contributed by atoms with van der Waals surface area (Å²) in [5.74, 6) is 0.0633. The largest absolute Gasteiger partial charge is 0.319 e. The van der Waals surface area contributed by atoms with Crippen LogP contribution >= 0.6 is 0 Å².